The fourth-order valence-electron chi connectivity index (χ4n) is 1.76. The van der Waals surface area contributed by atoms with Gasteiger partial charge in [-0.2, -0.15) is 0 Å². The number of piperidine rings is 1. The van der Waals surface area contributed by atoms with Gasteiger partial charge in [0.2, 0.25) is 0 Å². The molecule has 2 rings (SSSR count). The fraction of sp³-hybridized carbons (Fsp3) is 0.700. The van der Waals surface area contributed by atoms with E-state index in [0.29, 0.717) is 5.92 Å². The van der Waals surface area contributed by atoms with E-state index in [9.17, 15) is 0 Å². The highest BCUT2D eigenvalue weighted by Crippen LogP contribution is 2.27. The number of rotatable bonds is 2. The summed E-state index contributed by atoms with van der Waals surface area (Å²) in [6, 6.07) is 0.0662. The van der Waals surface area contributed by atoms with Gasteiger partial charge in [0, 0.05) is 23.9 Å². The predicted octanol–water partition coefficient (Wildman–Crippen LogP) is 1.63. The Morgan fingerprint density at radius 2 is 2.57 bits per heavy atom. The van der Waals surface area contributed by atoms with Crippen LogP contribution in [0, 0.1) is 0 Å². The van der Waals surface area contributed by atoms with Crippen molar-refractivity contribution in [1.29, 1.82) is 0 Å². The van der Waals surface area contributed by atoms with Crippen LogP contribution in [0.5, 0.6) is 0 Å². The van der Waals surface area contributed by atoms with E-state index in [2.05, 4.69) is 15.7 Å². The summed E-state index contributed by atoms with van der Waals surface area (Å²) >= 11 is 1.75. The SMILES string of the molecule is CC(N)c1csc(C2CCCNC2)n1. The first-order chi connectivity index (χ1) is 6.77. The molecule has 3 nitrogen and oxygen atoms in total. The summed E-state index contributed by atoms with van der Waals surface area (Å²) in [6.07, 6.45) is 2.52. The van der Waals surface area contributed by atoms with Crippen LogP contribution in [-0.4, -0.2) is 18.1 Å². The van der Waals surface area contributed by atoms with Gasteiger partial charge in [0.05, 0.1) is 10.7 Å². The zero-order valence-electron chi connectivity index (χ0n) is 8.49. The number of nitrogens with zero attached hydrogens (tertiary/aromatic N) is 1. The molecule has 1 aliphatic heterocycles. The summed E-state index contributed by atoms with van der Waals surface area (Å²) in [4.78, 5) is 4.59. The van der Waals surface area contributed by atoms with Crippen LogP contribution in [0.25, 0.3) is 0 Å². The van der Waals surface area contributed by atoms with Gasteiger partial charge in [-0.05, 0) is 26.3 Å². The molecule has 0 radical (unpaired) electrons. The Balaban J connectivity index is 2.07. The summed E-state index contributed by atoms with van der Waals surface area (Å²) in [5, 5.41) is 6.75. The molecule has 2 heterocycles. The van der Waals surface area contributed by atoms with Gasteiger partial charge >= 0.3 is 0 Å². The summed E-state index contributed by atoms with van der Waals surface area (Å²) in [5.74, 6) is 0.612. The normalized spacial score (nSPS) is 24.9. The standard InChI is InChI=1S/C10H17N3S/c1-7(11)9-6-14-10(13-9)8-3-2-4-12-5-8/h6-8,12H,2-5,11H2,1H3. The van der Waals surface area contributed by atoms with E-state index in [1.54, 1.807) is 11.3 Å². The first kappa shape index (κ1) is 10.1. The van der Waals surface area contributed by atoms with Crippen molar-refractivity contribution in [2.45, 2.75) is 31.7 Å². The third kappa shape index (κ3) is 2.13. The maximum atomic E-state index is 5.79. The average Bonchev–Trinajstić information content (AvgIpc) is 2.68. The Morgan fingerprint density at radius 1 is 1.71 bits per heavy atom. The number of hydrogen-bond acceptors (Lipinski definition) is 4. The van der Waals surface area contributed by atoms with E-state index in [-0.39, 0.29) is 6.04 Å². The van der Waals surface area contributed by atoms with E-state index in [1.165, 1.54) is 17.8 Å². The van der Waals surface area contributed by atoms with Gasteiger partial charge in [-0.25, -0.2) is 4.98 Å². The molecule has 1 aromatic heterocycles. The summed E-state index contributed by atoms with van der Waals surface area (Å²) in [7, 11) is 0. The zero-order valence-corrected chi connectivity index (χ0v) is 9.31. The van der Waals surface area contributed by atoms with E-state index < -0.39 is 0 Å². The van der Waals surface area contributed by atoms with Gasteiger partial charge < -0.3 is 11.1 Å². The van der Waals surface area contributed by atoms with E-state index >= 15 is 0 Å². The molecular formula is C10H17N3S. The highest BCUT2D eigenvalue weighted by molar-refractivity contribution is 7.09. The Labute approximate surface area is 88.7 Å². The molecule has 78 valence electrons. The monoisotopic (exact) mass is 211 g/mol. The molecule has 4 heteroatoms. The molecule has 14 heavy (non-hydrogen) atoms. The molecular weight excluding hydrogens is 194 g/mol. The van der Waals surface area contributed by atoms with Gasteiger partial charge in [-0.3, -0.25) is 0 Å². The molecule has 0 saturated carbocycles. The van der Waals surface area contributed by atoms with Crippen LogP contribution < -0.4 is 11.1 Å². The average molecular weight is 211 g/mol. The Bertz CT molecular complexity index is 289. The molecule has 0 amide bonds. The number of thiazole rings is 1. The topological polar surface area (TPSA) is 50.9 Å². The minimum atomic E-state index is 0.0662. The molecule has 1 saturated heterocycles. The van der Waals surface area contributed by atoms with Crippen molar-refractivity contribution in [3.63, 3.8) is 0 Å². The zero-order chi connectivity index (χ0) is 9.97. The van der Waals surface area contributed by atoms with Crippen molar-refractivity contribution in [3.05, 3.63) is 16.1 Å². The van der Waals surface area contributed by atoms with Crippen LogP contribution in [0.3, 0.4) is 0 Å². The lowest BCUT2D eigenvalue weighted by Gasteiger charge is -2.20. The smallest absolute Gasteiger partial charge is 0.0972 e. The highest BCUT2D eigenvalue weighted by Gasteiger charge is 2.18. The molecule has 0 aliphatic carbocycles. The summed E-state index contributed by atoms with van der Waals surface area (Å²) in [6.45, 7) is 4.21. The van der Waals surface area contributed by atoms with E-state index in [4.69, 9.17) is 5.73 Å². The molecule has 3 N–H and O–H groups in total. The minimum Gasteiger partial charge on any atom is -0.323 e. The van der Waals surface area contributed by atoms with Crippen LogP contribution in [0.1, 0.15) is 42.4 Å². The lowest BCUT2D eigenvalue weighted by molar-refractivity contribution is 0.459. The number of hydrogen-bond donors (Lipinski definition) is 2. The second-order valence-electron chi connectivity index (χ2n) is 3.94. The first-order valence-electron chi connectivity index (χ1n) is 5.19. The van der Waals surface area contributed by atoms with Gasteiger partial charge in [0.25, 0.3) is 0 Å². The van der Waals surface area contributed by atoms with Gasteiger partial charge in [0.1, 0.15) is 0 Å². The van der Waals surface area contributed by atoms with Crippen LogP contribution in [0.4, 0.5) is 0 Å². The van der Waals surface area contributed by atoms with Crippen molar-refractivity contribution < 1.29 is 0 Å². The van der Waals surface area contributed by atoms with Gasteiger partial charge in [-0.1, -0.05) is 0 Å². The van der Waals surface area contributed by atoms with Crippen molar-refractivity contribution in [3.8, 4) is 0 Å². The molecule has 1 aromatic rings. The Morgan fingerprint density at radius 3 is 3.14 bits per heavy atom. The van der Waals surface area contributed by atoms with E-state index in [1.807, 2.05) is 6.92 Å². The first-order valence-corrected chi connectivity index (χ1v) is 6.07. The second kappa shape index (κ2) is 4.38. The van der Waals surface area contributed by atoms with Crippen molar-refractivity contribution in [1.82, 2.24) is 10.3 Å². The van der Waals surface area contributed by atoms with Crippen molar-refractivity contribution in [2.75, 3.05) is 13.1 Å². The largest absolute Gasteiger partial charge is 0.323 e. The van der Waals surface area contributed by atoms with E-state index in [0.717, 1.165) is 18.8 Å². The number of aromatic nitrogens is 1. The third-order valence-electron chi connectivity index (χ3n) is 2.65. The molecule has 1 aliphatic rings. The molecule has 0 bridgehead atoms. The molecule has 1 fully saturated rings. The van der Waals surface area contributed by atoms with Gasteiger partial charge in [-0.15, -0.1) is 11.3 Å². The van der Waals surface area contributed by atoms with Crippen molar-refractivity contribution in [2.24, 2.45) is 5.73 Å². The quantitative estimate of drug-likeness (QED) is 0.781. The second-order valence-corrected chi connectivity index (χ2v) is 4.83. The van der Waals surface area contributed by atoms with Crippen LogP contribution >= 0.6 is 11.3 Å². The maximum Gasteiger partial charge on any atom is 0.0972 e. The third-order valence-corrected chi connectivity index (χ3v) is 3.68. The van der Waals surface area contributed by atoms with Crippen LogP contribution in [-0.2, 0) is 0 Å². The number of nitrogens with two attached hydrogens (primary N) is 1. The summed E-state index contributed by atoms with van der Waals surface area (Å²) in [5.41, 5.74) is 6.82. The molecule has 0 aromatic carbocycles. The Hall–Kier alpha value is -0.450. The Kier molecular flexibility index (Phi) is 3.15. The molecule has 2 unspecified atom stereocenters. The lowest BCUT2D eigenvalue weighted by Crippen LogP contribution is -2.28. The molecule has 0 spiro atoms. The minimum absolute atomic E-state index is 0.0662. The predicted molar refractivity (Wildman–Crippen MR) is 59.6 cm³/mol. The van der Waals surface area contributed by atoms with Crippen molar-refractivity contribution >= 4 is 11.3 Å². The summed E-state index contributed by atoms with van der Waals surface area (Å²) < 4.78 is 0. The number of nitrogens with one attached hydrogen (secondary N) is 1. The molecule has 2 atom stereocenters. The highest BCUT2D eigenvalue weighted by atomic mass is 32.1. The van der Waals surface area contributed by atoms with Crippen LogP contribution in [0.15, 0.2) is 5.38 Å². The fourth-order valence-corrected chi connectivity index (χ4v) is 2.82. The van der Waals surface area contributed by atoms with Gasteiger partial charge in [0.15, 0.2) is 0 Å². The lowest BCUT2D eigenvalue weighted by atomic mass is 10.0. The van der Waals surface area contributed by atoms with Crippen LogP contribution in [0.2, 0.25) is 0 Å². The maximum absolute atomic E-state index is 5.79.